The van der Waals surface area contributed by atoms with Gasteiger partial charge in [-0.2, -0.15) is 0 Å². The molecular formula is C21H23NO5. The van der Waals surface area contributed by atoms with Crippen LogP contribution in [-0.4, -0.2) is 43.8 Å². The Bertz CT molecular complexity index is 805. The highest BCUT2D eigenvalue weighted by atomic mass is 16.7. The van der Waals surface area contributed by atoms with Crippen molar-refractivity contribution in [3.05, 3.63) is 59.7 Å². The molecule has 0 spiro atoms. The molecule has 1 amide bonds. The fourth-order valence-corrected chi connectivity index (χ4v) is 3.00. The van der Waals surface area contributed by atoms with E-state index in [1.807, 2.05) is 30.3 Å². The van der Waals surface area contributed by atoms with Crippen molar-refractivity contribution >= 4 is 11.9 Å². The Balaban J connectivity index is 1.77. The van der Waals surface area contributed by atoms with Crippen LogP contribution in [0.2, 0.25) is 0 Å². The Morgan fingerprint density at radius 2 is 1.85 bits per heavy atom. The zero-order chi connectivity index (χ0) is 19.2. The summed E-state index contributed by atoms with van der Waals surface area (Å²) in [6.45, 7) is 2.70. The van der Waals surface area contributed by atoms with Gasteiger partial charge in [-0.15, -0.1) is 0 Å². The number of amides is 1. The predicted octanol–water partition coefficient (Wildman–Crippen LogP) is 2.91. The molecule has 0 N–H and O–H groups in total. The first-order valence-corrected chi connectivity index (χ1v) is 8.89. The van der Waals surface area contributed by atoms with Crippen LogP contribution in [0, 0.1) is 5.92 Å². The number of methoxy groups -OCH3 is 1. The molecule has 1 atom stereocenters. The standard InChI is InChI=1S/C21H23NO5/c1-15(21(24)25-2)13-22(11-10-16-6-4-3-5-7-16)20(23)17-8-9-18-19(12-17)27-14-26-18/h3-9,12,15H,10-11,13-14H2,1-2H3. The smallest absolute Gasteiger partial charge is 0.310 e. The average Bonchev–Trinajstić information content (AvgIpc) is 3.18. The van der Waals surface area contributed by atoms with Crippen molar-refractivity contribution in [3.63, 3.8) is 0 Å². The Labute approximate surface area is 158 Å². The highest BCUT2D eigenvalue weighted by Gasteiger charge is 2.24. The molecule has 1 aliphatic heterocycles. The molecule has 2 aromatic rings. The maximum Gasteiger partial charge on any atom is 0.310 e. The largest absolute Gasteiger partial charge is 0.469 e. The summed E-state index contributed by atoms with van der Waals surface area (Å²) in [7, 11) is 1.35. The van der Waals surface area contributed by atoms with Gasteiger partial charge in [0.05, 0.1) is 13.0 Å². The number of benzene rings is 2. The maximum atomic E-state index is 13.1. The summed E-state index contributed by atoms with van der Waals surface area (Å²) in [6, 6.07) is 15.1. The Morgan fingerprint density at radius 1 is 1.11 bits per heavy atom. The third-order valence-electron chi connectivity index (χ3n) is 4.52. The highest BCUT2D eigenvalue weighted by molar-refractivity contribution is 5.95. The van der Waals surface area contributed by atoms with Crippen LogP contribution in [-0.2, 0) is 16.0 Å². The summed E-state index contributed by atoms with van der Waals surface area (Å²) >= 11 is 0. The molecule has 0 radical (unpaired) electrons. The minimum Gasteiger partial charge on any atom is -0.469 e. The summed E-state index contributed by atoms with van der Waals surface area (Å²) < 4.78 is 15.5. The minimum atomic E-state index is -0.413. The lowest BCUT2D eigenvalue weighted by molar-refractivity contribution is -0.145. The molecular weight excluding hydrogens is 346 g/mol. The second-order valence-corrected chi connectivity index (χ2v) is 6.48. The molecule has 6 nitrogen and oxygen atoms in total. The molecule has 1 unspecified atom stereocenters. The van der Waals surface area contributed by atoms with Crippen molar-refractivity contribution in [2.24, 2.45) is 5.92 Å². The van der Waals surface area contributed by atoms with E-state index in [-0.39, 0.29) is 25.2 Å². The van der Waals surface area contributed by atoms with Crippen molar-refractivity contribution < 1.29 is 23.8 Å². The lowest BCUT2D eigenvalue weighted by atomic mass is 10.1. The molecule has 3 rings (SSSR count). The molecule has 0 fully saturated rings. The monoisotopic (exact) mass is 369 g/mol. The van der Waals surface area contributed by atoms with Gasteiger partial charge < -0.3 is 19.1 Å². The molecule has 1 aliphatic rings. The summed E-state index contributed by atoms with van der Waals surface area (Å²) in [5, 5.41) is 0. The lowest BCUT2D eigenvalue weighted by Gasteiger charge is -2.25. The molecule has 0 saturated heterocycles. The third-order valence-corrected chi connectivity index (χ3v) is 4.52. The number of rotatable bonds is 7. The molecule has 0 aromatic heterocycles. The van der Waals surface area contributed by atoms with E-state index in [1.54, 1.807) is 30.0 Å². The Hall–Kier alpha value is -3.02. The molecule has 1 heterocycles. The van der Waals surface area contributed by atoms with Crippen LogP contribution in [0.25, 0.3) is 0 Å². The second kappa shape index (κ2) is 8.58. The number of fused-ring (bicyclic) bond motifs is 1. The second-order valence-electron chi connectivity index (χ2n) is 6.48. The van der Waals surface area contributed by atoms with E-state index in [4.69, 9.17) is 14.2 Å². The van der Waals surface area contributed by atoms with Crippen LogP contribution >= 0.6 is 0 Å². The van der Waals surface area contributed by atoms with Crippen LogP contribution in [0.1, 0.15) is 22.8 Å². The van der Waals surface area contributed by atoms with E-state index in [9.17, 15) is 9.59 Å². The number of nitrogens with zero attached hydrogens (tertiary/aromatic N) is 1. The highest BCUT2D eigenvalue weighted by Crippen LogP contribution is 2.32. The molecule has 0 saturated carbocycles. The fraction of sp³-hybridized carbons (Fsp3) is 0.333. The van der Waals surface area contributed by atoms with E-state index in [2.05, 4.69) is 0 Å². The van der Waals surface area contributed by atoms with Crippen LogP contribution in [0.15, 0.2) is 48.5 Å². The zero-order valence-electron chi connectivity index (χ0n) is 15.5. The van der Waals surface area contributed by atoms with Gasteiger partial charge in [0, 0.05) is 18.7 Å². The maximum absolute atomic E-state index is 13.1. The lowest BCUT2D eigenvalue weighted by Crippen LogP contribution is -2.38. The van der Waals surface area contributed by atoms with Gasteiger partial charge in [0.25, 0.3) is 5.91 Å². The number of hydrogen-bond donors (Lipinski definition) is 0. The first-order chi connectivity index (χ1) is 13.1. The molecule has 27 heavy (non-hydrogen) atoms. The number of esters is 1. The third kappa shape index (κ3) is 4.58. The summed E-state index contributed by atoms with van der Waals surface area (Å²) in [4.78, 5) is 26.6. The number of hydrogen-bond acceptors (Lipinski definition) is 5. The van der Waals surface area contributed by atoms with Gasteiger partial charge in [-0.25, -0.2) is 0 Å². The van der Waals surface area contributed by atoms with Crippen molar-refractivity contribution in [2.45, 2.75) is 13.3 Å². The van der Waals surface area contributed by atoms with Crippen LogP contribution in [0.5, 0.6) is 11.5 Å². The Morgan fingerprint density at radius 3 is 2.59 bits per heavy atom. The van der Waals surface area contributed by atoms with Gasteiger partial charge in [0.15, 0.2) is 11.5 Å². The van der Waals surface area contributed by atoms with Gasteiger partial charge in [0.2, 0.25) is 6.79 Å². The molecule has 2 aromatic carbocycles. The van der Waals surface area contributed by atoms with E-state index in [1.165, 1.54) is 7.11 Å². The van der Waals surface area contributed by atoms with Crippen LogP contribution in [0.3, 0.4) is 0 Å². The molecule has 0 bridgehead atoms. The van der Waals surface area contributed by atoms with Crippen LogP contribution in [0.4, 0.5) is 0 Å². The van der Waals surface area contributed by atoms with Gasteiger partial charge in [0.1, 0.15) is 0 Å². The normalized spacial score (nSPS) is 13.1. The molecule has 142 valence electrons. The van der Waals surface area contributed by atoms with Crippen molar-refractivity contribution in [1.82, 2.24) is 4.90 Å². The van der Waals surface area contributed by atoms with E-state index in [0.717, 1.165) is 5.56 Å². The summed E-state index contributed by atoms with van der Waals surface area (Å²) in [5.41, 5.74) is 1.64. The van der Waals surface area contributed by atoms with Gasteiger partial charge in [-0.05, 0) is 30.2 Å². The van der Waals surface area contributed by atoms with Crippen molar-refractivity contribution in [3.8, 4) is 11.5 Å². The van der Waals surface area contributed by atoms with Crippen molar-refractivity contribution in [2.75, 3.05) is 27.0 Å². The van der Waals surface area contributed by atoms with E-state index < -0.39 is 5.92 Å². The van der Waals surface area contributed by atoms with E-state index >= 15 is 0 Å². The Kier molecular flexibility index (Phi) is 5.96. The first kappa shape index (κ1) is 18.8. The quantitative estimate of drug-likeness (QED) is 0.702. The van der Waals surface area contributed by atoms with Gasteiger partial charge in [-0.3, -0.25) is 9.59 Å². The fourth-order valence-electron chi connectivity index (χ4n) is 3.00. The first-order valence-electron chi connectivity index (χ1n) is 8.89. The molecule has 0 aliphatic carbocycles. The van der Waals surface area contributed by atoms with Crippen molar-refractivity contribution in [1.29, 1.82) is 0 Å². The SMILES string of the molecule is COC(=O)C(C)CN(CCc1ccccc1)C(=O)c1ccc2c(c1)OCO2. The number of carbonyl (C=O) groups excluding carboxylic acids is 2. The number of ether oxygens (including phenoxy) is 3. The topological polar surface area (TPSA) is 65.1 Å². The van der Waals surface area contributed by atoms with Gasteiger partial charge >= 0.3 is 5.97 Å². The molecule has 6 heteroatoms. The summed E-state index contributed by atoms with van der Waals surface area (Å²) in [6.07, 6.45) is 0.699. The average molecular weight is 369 g/mol. The van der Waals surface area contributed by atoms with Crippen LogP contribution < -0.4 is 9.47 Å². The summed E-state index contributed by atoms with van der Waals surface area (Å²) in [5.74, 6) is 0.289. The van der Waals surface area contributed by atoms with E-state index in [0.29, 0.717) is 30.0 Å². The van der Waals surface area contributed by atoms with Gasteiger partial charge in [-0.1, -0.05) is 37.3 Å². The zero-order valence-corrected chi connectivity index (χ0v) is 15.5. The minimum absolute atomic E-state index is 0.153. The predicted molar refractivity (Wildman–Crippen MR) is 99.8 cm³/mol. The number of carbonyl (C=O) groups is 2.